The van der Waals surface area contributed by atoms with Crippen molar-refractivity contribution in [1.29, 1.82) is 0 Å². The summed E-state index contributed by atoms with van der Waals surface area (Å²) in [5, 5.41) is 16.3. The highest BCUT2D eigenvalue weighted by Crippen LogP contribution is 2.16. The van der Waals surface area contributed by atoms with Crippen LogP contribution in [0.25, 0.3) is 0 Å². The number of ether oxygens (including phenoxy) is 1. The first kappa shape index (κ1) is 14.3. The van der Waals surface area contributed by atoms with E-state index in [4.69, 9.17) is 4.74 Å². The first-order chi connectivity index (χ1) is 9.65. The van der Waals surface area contributed by atoms with Gasteiger partial charge in [0, 0.05) is 17.8 Å². The first-order valence-electron chi connectivity index (χ1n) is 6.54. The van der Waals surface area contributed by atoms with Gasteiger partial charge >= 0.3 is 6.09 Å². The van der Waals surface area contributed by atoms with Crippen LogP contribution in [0.1, 0.15) is 12.8 Å². The molecule has 20 heavy (non-hydrogen) atoms. The van der Waals surface area contributed by atoms with Gasteiger partial charge < -0.3 is 10.1 Å². The van der Waals surface area contributed by atoms with Crippen LogP contribution in [0.2, 0.25) is 0 Å². The minimum absolute atomic E-state index is 0.0161. The van der Waals surface area contributed by atoms with E-state index in [-0.39, 0.29) is 5.69 Å². The maximum absolute atomic E-state index is 11.5. The molecule has 0 spiro atoms. The second kappa shape index (κ2) is 6.85. The fraction of sp³-hybridized carbons (Fsp3) is 0.462. The number of carbonyl (C=O) groups is 1. The molecule has 0 aliphatic carbocycles. The highest BCUT2D eigenvalue weighted by molar-refractivity contribution is 5.84. The fourth-order valence-corrected chi connectivity index (χ4v) is 2.10. The number of rotatable bonds is 5. The Bertz CT molecular complexity index is 469. The van der Waals surface area contributed by atoms with E-state index in [0.717, 1.165) is 25.9 Å². The van der Waals surface area contributed by atoms with E-state index >= 15 is 0 Å². The number of anilines is 1. The monoisotopic (exact) mass is 279 g/mol. The van der Waals surface area contributed by atoms with Crippen molar-refractivity contribution in [1.82, 2.24) is 5.32 Å². The molecule has 1 amide bonds. The van der Waals surface area contributed by atoms with Crippen LogP contribution in [0.3, 0.4) is 0 Å². The molecular formula is C13H17N3O4. The predicted molar refractivity (Wildman–Crippen MR) is 73.7 cm³/mol. The summed E-state index contributed by atoms with van der Waals surface area (Å²) in [6.07, 6.45) is 1.43. The lowest BCUT2D eigenvalue weighted by atomic mass is 10.1. The van der Waals surface area contributed by atoms with Crippen molar-refractivity contribution in [3.8, 4) is 0 Å². The molecule has 108 valence electrons. The van der Waals surface area contributed by atoms with Gasteiger partial charge in [-0.1, -0.05) is 0 Å². The highest BCUT2D eigenvalue weighted by Gasteiger charge is 2.14. The first-order valence-corrected chi connectivity index (χ1v) is 6.54. The van der Waals surface area contributed by atoms with Gasteiger partial charge in [0.05, 0.1) is 11.5 Å². The van der Waals surface area contributed by atoms with Crippen LogP contribution in [0.15, 0.2) is 24.3 Å². The molecule has 0 radical (unpaired) electrons. The summed E-state index contributed by atoms with van der Waals surface area (Å²) in [5.74, 6) is 0.571. The number of carbonyl (C=O) groups excluding carboxylic acids is 1. The van der Waals surface area contributed by atoms with Gasteiger partial charge in [0.25, 0.3) is 5.69 Å². The van der Waals surface area contributed by atoms with Gasteiger partial charge in [-0.2, -0.15) is 0 Å². The van der Waals surface area contributed by atoms with E-state index in [1.54, 1.807) is 0 Å². The van der Waals surface area contributed by atoms with Crippen LogP contribution in [-0.2, 0) is 4.74 Å². The number of hydrogen-bond donors (Lipinski definition) is 2. The van der Waals surface area contributed by atoms with Crippen molar-refractivity contribution in [2.75, 3.05) is 25.0 Å². The number of non-ortho nitro benzene ring substituents is 1. The summed E-state index contributed by atoms with van der Waals surface area (Å²) in [5.41, 5.74) is 0.459. The molecule has 1 unspecified atom stereocenters. The van der Waals surface area contributed by atoms with Crippen LogP contribution < -0.4 is 10.6 Å². The van der Waals surface area contributed by atoms with Crippen molar-refractivity contribution in [2.45, 2.75) is 12.8 Å². The third kappa shape index (κ3) is 4.20. The molecule has 0 bridgehead atoms. The lowest BCUT2D eigenvalue weighted by Crippen LogP contribution is -2.17. The van der Waals surface area contributed by atoms with Crippen LogP contribution in [0.5, 0.6) is 0 Å². The Morgan fingerprint density at radius 3 is 2.80 bits per heavy atom. The van der Waals surface area contributed by atoms with Crippen LogP contribution in [-0.4, -0.2) is 30.7 Å². The number of nitro groups is 1. The summed E-state index contributed by atoms with van der Waals surface area (Å²) < 4.78 is 5.07. The summed E-state index contributed by atoms with van der Waals surface area (Å²) in [4.78, 5) is 21.5. The smallest absolute Gasteiger partial charge is 0.411 e. The molecule has 1 atom stereocenters. The normalized spacial score (nSPS) is 17.7. The van der Waals surface area contributed by atoms with Crippen LogP contribution in [0, 0.1) is 16.0 Å². The number of amides is 1. The Labute approximate surface area is 116 Å². The zero-order chi connectivity index (χ0) is 14.4. The lowest BCUT2D eigenvalue weighted by Gasteiger charge is -2.09. The topological polar surface area (TPSA) is 93.5 Å². The molecule has 7 heteroatoms. The molecule has 1 aliphatic rings. The van der Waals surface area contributed by atoms with Gasteiger partial charge in [-0.3, -0.25) is 15.4 Å². The highest BCUT2D eigenvalue weighted by atomic mass is 16.6. The molecule has 1 aromatic carbocycles. The average molecular weight is 279 g/mol. The Balaban J connectivity index is 1.71. The van der Waals surface area contributed by atoms with Crippen LogP contribution in [0.4, 0.5) is 16.2 Å². The Morgan fingerprint density at radius 2 is 2.20 bits per heavy atom. The van der Waals surface area contributed by atoms with Gasteiger partial charge in [-0.15, -0.1) is 0 Å². The molecule has 1 heterocycles. The zero-order valence-electron chi connectivity index (χ0n) is 11.0. The molecule has 1 aromatic rings. The number of nitro benzene ring substituents is 1. The van der Waals surface area contributed by atoms with Gasteiger partial charge in [-0.05, 0) is 44.0 Å². The molecule has 0 saturated carbocycles. The number of nitrogens with zero attached hydrogens (tertiary/aromatic N) is 1. The summed E-state index contributed by atoms with van der Waals surface area (Å²) in [6, 6.07) is 5.61. The van der Waals surface area contributed by atoms with Crippen molar-refractivity contribution >= 4 is 17.5 Å². The van der Waals surface area contributed by atoms with Crippen molar-refractivity contribution in [2.24, 2.45) is 5.92 Å². The second-order valence-electron chi connectivity index (χ2n) is 4.71. The Hall–Kier alpha value is -2.15. The number of nitrogens with one attached hydrogen (secondary N) is 2. The quantitative estimate of drug-likeness (QED) is 0.636. The van der Waals surface area contributed by atoms with E-state index < -0.39 is 11.0 Å². The summed E-state index contributed by atoms with van der Waals surface area (Å²) >= 11 is 0. The maximum Gasteiger partial charge on any atom is 0.411 e. The minimum atomic E-state index is -0.537. The van der Waals surface area contributed by atoms with E-state index in [1.165, 1.54) is 24.3 Å². The fourth-order valence-electron chi connectivity index (χ4n) is 2.10. The molecule has 1 aliphatic heterocycles. The van der Waals surface area contributed by atoms with Crippen molar-refractivity contribution in [3.63, 3.8) is 0 Å². The molecule has 1 saturated heterocycles. The van der Waals surface area contributed by atoms with Gasteiger partial charge in [0.1, 0.15) is 0 Å². The number of hydrogen-bond acceptors (Lipinski definition) is 5. The Morgan fingerprint density at radius 1 is 1.45 bits per heavy atom. The molecule has 2 N–H and O–H groups in total. The van der Waals surface area contributed by atoms with Crippen molar-refractivity contribution < 1.29 is 14.5 Å². The molecule has 0 aromatic heterocycles. The largest absolute Gasteiger partial charge is 0.449 e. The molecule has 2 rings (SSSR count). The molecule has 7 nitrogen and oxygen atoms in total. The number of benzene rings is 1. The van der Waals surface area contributed by atoms with E-state index in [0.29, 0.717) is 18.2 Å². The van der Waals surface area contributed by atoms with E-state index in [9.17, 15) is 14.9 Å². The Kier molecular flexibility index (Phi) is 4.89. The third-order valence-electron chi connectivity index (χ3n) is 3.25. The summed E-state index contributed by atoms with van der Waals surface area (Å²) in [6.45, 7) is 2.39. The van der Waals surface area contributed by atoms with Crippen LogP contribution >= 0.6 is 0 Å². The minimum Gasteiger partial charge on any atom is -0.449 e. The van der Waals surface area contributed by atoms with E-state index in [1.807, 2.05) is 0 Å². The summed E-state index contributed by atoms with van der Waals surface area (Å²) in [7, 11) is 0. The lowest BCUT2D eigenvalue weighted by molar-refractivity contribution is -0.384. The average Bonchev–Trinajstić information content (AvgIpc) is 2.92. The van der Waals surface area contributed by atoms with E-state index in [2.05, 4.69) is 10.6 Å². The molecule has 1 fully saturated rings. The van der Waals surface area contributed by atoms with Gasteiger partial charge in [0.2, 0.25) is 0 Å². The predicted octanol–water partition coefficient (Wildman–Crippen LogP) is 2.14. The van der Waals surface area contributed by atoms with Gasteiger partial charge in [0.15, 0.2) is 0 Å². The second-order valence-corrected chi connectivity index (χ2v) is 4.71. The SMILES string of the molecule is O=C(Nc1ccc([N+](=O)[O-])cc1)OCCC1CCNC1. The van der Waals surface area contributed by atoms with Gasteiger partial charge in [-0.25, -0.2) is 4.79 Å². The van der Waals surface area contributed by atoms with Crippen molar-refractivity contribution in [3.05, 3.63) is 34.4 Å². The molecular weight excluding hydrogens is 262 g/mol. The standard InChI is InChI=1S/C13H17N3O4/c17-13(20-8-6-10-5-7-14-9-10)15-11-1-3-12(4-2-11)16(18)19/h1-4,10,14H,5-9H2,(H,15,17). The maximum atomic E-state index is 11.5. The zero-order valence-corrected chi connectivity index (χ0v) is 11.0. The third-order valence-corrected chi connectivity index (χ3v) is 3.25.